The van der Waals surface area contributed by atoms with Gasteiger partial charge in [0.1, 0.15) is 0 Å². The number of allylic oxidation sites excluding steroid dienone is 1. The van der Waals surface area contributed by atoms with Crippen molar-refractivity contribution >= 4 is 34.2 Å². The van der Waals surface area contributed by atoms with Gasteiger partial charge in [-0.25, -0.2) is 0 Å². The largest absolute Gasteiger partial charge is 0.504 e. The van der Waals surface area contributed by atoms with Crippen LogP contribution in [0, 0.1) is 15.4 Å². The fourth-order valence-electron chi connectivity index (χ4n) is 3.33. The average Bonchev–Trinajstić information content (AvgIpc) is 2.74. The number of hydrogen-bond acceptors (Lipinski definition) is 5. The number of halogens is 1. The van der Waals surface area contributed by atoms with Gasteiger partial charge in [0.05, 0.1) is 28.6 Å². The first-order chi connectivity index (χ1) is 14.3. The molecule has 0 aliphatic rings. The monoisotopic (exact) mass is 523 g/mol. The highest BCUT2D eigenvalue weighted by Crippen LogP contribution is 2.34. The van der Waals surface area contributed by atoms with E-state index in [1.807, 2.05) is 44.2 Å². The van der Waals surface area contributed by atoms with Crippen molar-refractivity contribution in [1.29, 1.82) is 0 Å². The second-order valence-corrected chi connectivity index (χ2v) is 8.75. The molecular formula is C24H30INO4. The average molecular weight is 523 g/mol. The van der Waals surface area contributed by atoms with Gasteiger partial charge in [-0.15, -0.1) is 6.58 Å². The van der Waals surface area contributed by atoms with Crippen LogP contribution >= 0.6 is 22.6 Å². The highest BCUT2D eigenvalue weighted by molar-refractivity contribution is 14.1. The molecular weight excluding hydrogens is 493 g/mol. The lowest BCUT2D eigenvalue weighted by Gasteiger charge is -2.27. The molecule has 0 radical (unpaired) electrons. The molecule has 6 heteroatoms. The normalized spacial score (nSPS) is 15.0. The molecule has 0 spiro atoms. The zero-order valence-electron chi connectivity index (χ0n) is 17.6. The molecule has 3 N–H and O–H groups in total. The predicted molar refractivity (Wildman–Crippen MR) is 129 cm³/mol. The minimum absolute atomic E-state index is 0.0278. The Hall–Kier alpha value is -1.90. The molecule has 2 aromatic rings. The molecule has 0 saturated carbocycles. The van der Waals surface area contributed by atoms with Crippen LogP contribution in [0.5, 0.6) is 11.5 Å². The number of ether oxygens (including phenoxy) is 1. The van der Waals surface area contributed by atoms with E-state index < -0.39 is 18.1 Å². The van der Waals surface area contributed by atoms with Gasteiger partial charge >= 0.3 is 0 Å². The van der Waals surface area contributed by atoms with Gasteiger partial charge in [-0.2, -0.15) is 0 Å². The Morgan fingerprint density at radius 2 is 2.00 bits per heavy atom. The molecule has 0 fully saturated rings. The number of benzene rings is 1. The Balaban J connectivity index is 2.33. The molecule has 1 heterocycles. The maximum absolute atomic E-state index is 10.7. The first kappa shape index (κ1) is 24.4. The number of hydrogen-bond donors (Lipinski definition) is 3. The van der Waals surface area contributed by atoms with E-state index in [1.54, 1.807) is 18.3 Å². The van der Waals surface area contributed by atoms with Crippen molar-refractivity contribution in [2.24, 2.45) is 11.8 Å². The summed E-state index contributed by atoms with van der Waals surface area (Å²) in [5.74, 6) is 0.145. The second kappa shape index (κ2) is 11.5. The summed E-state index contributed by atoms with van der Waals surface area (Å²) in [6.07, 6.45) is 5.00. The molecule has 0 aliphatic carbocycles. The number of phenolic OH excluding ortho intramolecular Hbond substituents is 1. The third-order valence-electron chi connectivity index (χ3n) is 5.11. The molecule has 3 atom stereocenters. The van der Waals surface area contributed by atoms with Crippen LogP contribution < -0.4 is 4.74 Å². The summed E-state index contributed by atoms with van der Waals surface area (Å²) in [6, 6.07) is 9.34. The number of rotatable bonds is 10. The van der Waals surface area contributed by atoms with Crippen molar-refractivity contribution in [1.82, 2.24) is 4.98 Å². The maximum Gasteiger partial charge on any atom is 0.171 e. The summed E-state index contributed by atoms with van der Waals surface area (Å²) < 4.78 is 5.95. The number of pyridine rings is 1. The number of aliphatic hydroxyl groups excluding tert-OH is 2. The van der Waals surface area contributed by atoms with Crippen molar-refractivity contribution in [3.8, 4) is 11.5 Å². The van der Waals surface area contributed by atoms with Gasteiger partial charge in [0.2, 0.25) is 0 Å². The molecule has 0 amide bonds. The molecule has 5 nitrogen and oxygen atoms in total. The zero-order chi connectivity index (χ0) is 22.3. The highest BCUT2D eigenvalue weighted by Gasteiger charge is 2.26. The van der Waals surface area contributed by atoms with E-state index in [0.29, 0.717) is 22.2 Å². The minimum Gasteiger partial charge on any atom is -0.504 e. The Kier molecular flexibility index (Phi) is 9.33. The van der Waals surface area contributed by atoms with Crippen molar-refractivity contribution < 1.29 is 20.1 Å². The van der Waals surface area contributed by atoms with Crippen LogP contribution in [0.2, 0.25) is 0 Å². The topological polar surface area (TPSA) is 82.8 Å². The Morgan fingerprint density at radius 3 is 2.57 bits per heavy atom. The van der Waals surface area contributed by atoms with Crippen LogP contribution in [-0.4, -0.2) is 39.6 Å². The number of aromatic hydroxyl groups is 1. The number of methoxy groups -OCH3 is 1. The molecule has 1 aromatic heterocycles. The van der Waals surface area contributed by atoms with Crippen LogP contribution in [0.25, 0.3) is 11.6 Å². The zero-order valence-corrected chi connectivity index (χ0v) is 19.8. The number of phenols is 1. The molecule has 2 rings (SSSR count). The van der Waals surface area contributed by atoms with Gasteiger partial charge in [-0.1, -0.05) is 26.0 Å². The van der Waals surface area contributed by atoms with Gasteiger partial charge in [-0.05, 0) is 82.8 Å². The lowest BCUT2D eigenvalue weighted by molar-refractivity contribution is 0.00938. The van der Waals surface area contributed by atoms with Crippen LogP contribution in [0.3, 0.4) is 0 Å². The smallest absolute Gasteiger partial charge is 0.171 e. The van der Waals surface area contributed by atoms with Gasteiger partial charge in [0.15, 0.2) is 11.5 Å². The quantitative estimate of drug-likeness (QED) is 0.305. The summed E-state index contributed by atoms with van der Waals surface area (Å²) in [5.41, 5.74) is 2.62. The molecule has 0 bridgehead atoms. The summed E-state index contributed by atoms with van der Waals surface area (Å²) in [5, 5.41) is 31.2. The first-order valence-electron chi connectivity index (χ1n) is 9.95. The third-order valence-corrected chi connectivity index (χ3v) is 5.93. The Labute approximate surface area is 192 Å². The standard InChI is InChI=1S/C24H30INO4/c1-5-18(23(28)15(2)3)21(27)10-9-17(20-8-6-7-11-26-20)12-16-13-19(25)24(29)22(14-16)30-4/h5-8,11-15,18,21,23,27-29H,1,9-10H2,2-4H3/b17-12-/t18-,21-,23-/m1/s1. The maximum atomic E-state index is 10.7. The minimum atomic E-state index is -0.721. The molecule has 0 aliphatic heterocycles. The second-order valence-electron chi connectivity index (χ2n) is 7.59. The summed E-state index contributed by atoms with van der Waals surface area (Å²) >= 11 is 2.07. The number of nitrogens with zero attached hydrogens (tertiary/aromatic N) is 1. The van der Waals surface area contributed by atoms with E-state index in [2.05, 4.69) is 34.2 Å². The number of aromatic nitrogens is 1. The first-order valence-corrected chi connectivity index (χ1v) is 11.0. The number of aliphatic hydroxyl groups is 2. The highest BCUT2D eigenvalue weighted by atomic mass is 127. The molecule has 162 valence electrons. The van der Waals surface area contributed by atoms with Crippen molar-refractivity contribution in [3.63, 3.8) is 0 Å². The van der Waals surface area contributed by atoms with E-state index >= 15 is 0 Å². The molecule has 0 saturated heterocycles. The summed E-state index contributed by atoms with van der Waals surface area (Å²) in [7, 11) is 1.52. The fourth-order valence-corrected chi connectivity index (χ4v) is 3.95. The van der Waals surface area contributed by atoms with E-state index in [-0.39, 0.29) is 11.7 Å². The van der Waals surface area contributed by atoms with Crippen LogP contribution in [-0.2, 0) is 0 Å². The SMILES string of the molecule is C=C[C@H]([C@H](O)CC/C(=C/c1cc(I)c(O)c(OC)c1)c1ccccn1)[C@H](O)C(C)C. The van der Waals surface area contributed by atoms with Crippen molar-refractivity contribution in [2.75, 3.05) is 7.11 Å². The van der Waals surface area contributed by atoms with Gasteiger partial charge < -0.3 is 20.1 Å². The van der Waals surface area contributed by atoms with E-state index in [9.17, 15) is 15.3 Å². The van der Waals surface area contributed by atoms with Gasteiger partial charge in [0, 0.05) is 12.1 Å². The molecule has 0 unspecified atom stereocenters. The van der Waals surface area contributed by atoms with Crippen LogP contribution in [0.15, 0.2) is 49.2 Å². The third kappa shape index (κ3) is 6.30. The lowest BCUT2D eigenvalue weighted by atomic mass is 9.86. The fraction of sp³-hybridized carbons (Fsp3) is 0.375. The van der Waals surface area contributed by atoms with Crippen LogP contribution in [0.1, 0.15) is 37.9 Å². The Bertz CT molecular complexity index is 867. The van der Waals surface area contributed by atoms with Gasteiger partial charge in [0.25, 0.3) is 0 Å². The molecule has 1 aromatic carbocycles. The van der Waals surface area contributed by atoms with Crippen LogP contribution in [0.4, 0.5) is 0 Å². The lowest BCUT2D eigenvalue weighted by Crippen LogP contribution is -2.33. The van der Waals surface area contributed by atoms with Crippen molar-refractivity contribution in [3.05, 3.63) is 64.0 Å². The molecule has 30 heavy (non-hydrogen) atoms. The van der Waals surface area contributed by atoms with E-state index in [0.717, 1.165) is 16.8 Å². The van der Waals surface area contributed by atoms with Crippen molar-refractivity contribution in [2.45, 2.75) is 38.9 Å². The predicted octanol–water partition coefficient (Wildman–Crippen LogP) is 4.90. The summed E-state index contributed by atoms with van der Waals surface area (Å²) in [4.78, 5) is 4.46. The van der Waals surface area contributed by atoms with E-state index in [4.69, 9.17) is 4.74 Å². The summed E-state index contributed by atoms with van der Waals surface area (Å²) in [6.45, 7) is 7.64. The Morgan fingerprint density at radius 1 is 1.27 bits per heavy atom. The van der Waals surface area contributed by atoms with Gasteiger partial charge in [-0.3, -0.25) is 4.98 Å². The van der Waals surface area contributed by atoms with E-state index in [1.165, 1.54) is 7.11 Å².